The molecule has 0 saturated carbocycles. The number of carbonyl (C=O) groups is 2. The standard InChI is InChI=1S/C24H24O9/c1-13-3-5-15(6-4-13)21(25)28-12-29-22(26)16-7-9-17(10-8-16)23-32-20-19-18(31-24(20)33-23)11-27-14(2)30-19/h3-10,14,18-20,23-24H,11-12H2,1-2H3. The molecule has 0 aromatic heterocycles. The fraction of sp³-hybridized carbons (Fsp3) is 0.417. The molecule has 0 aliphatic carbocycles. The first-order chi connectivity index (χ1) is 16.0. The number of aryl methyl sites for hydroxylation is 1. The summed E-state index contributed by atoms with van der Waals surface area (Å²) in [5.74, 6) is -1.18. The van der Waals surface area contributed by atoms with E-state index in [1.165, 1.54) is 0 Å². The van der Waals surface area contributed by atoms with Gasteiger partial charge in [-0.05, 0) is 38.1 Å². The SMILES string of the molecule is Cc1ccc(C(=O)OCOC(=O)c2ccc(C3OC4OC5COC(C)OC5C4O3)cc2)cc1. The van der Waals surface area contributed by atoms with Crippen molar-refractivity contribution in [1.82, 2.24) is 0 Å². The molecule has 6 atom stereocenters. The van der Waals surface area contributed by atoms with Crippen LogP contribution in [0.15, 0.2) is 48.5 Å². The molecular formula is C24H24O9. The van der Waals surface area contributed by atoms with Gasteiger partial charge in [0.1, 0.15) is 18.3 Å². The molecule has 174 valence electrons. The molecule has 3 aliphatic rings. The number of hydrogen-bond donors (Lipinski definition) is 0. The van der Waals surface area contributed by atoms with Crippen molar-refractivity contribution in [1.29, 1.82) is 0 Å². The van der Waals surface area contributed by atoms with Crippen molar-refractivity contribution in [2.24, 2.45) is 0 Å². The van der Waals surface area contributed by atoms with E-state index in [9.17, 15) is 9.59 Å². The lowest BCUT2D eigenvalue weighted by molar-refractivity contribution is -0.264. The zero-order valence-corrected chi connectivity index (χ0v) is 18.2. The molecule has 0 bridgehead atoms. The van der Waals surface area contributed by atoms with Crippen molar-refractivity contribution in [2.75, 3.05) is 13.4 Å². The Morgan fingerprint density at radius 1 is 0.848 bits per heavy atom. The zero-order chi connectivity index (χ0) is 22.9. The van der Waals surface area contributed by atoms with E-state index in [1.54, 1.807) is 48.5 Å². The Morgan fingerprint density at radius 3 is 2.15 bits per heavy atom. The van der Waals surface area contributed by atoms with Crippen LogP contribution in [0.3, 0.4) is 0 Å². The second-order valence-electron chi connectivity index (χ2n) is 8.08. The molecule has 2 aromatic rings. The first kappa shape index (κ1) is 22.0. The zero-order valence-electron chi connectivity index (χ0n) is 18.2. The molecular weight excluding hydrogens is 432 g/mol. The third-order valence-corrected chi connectivity index (χ3v) is 5.74. The second kappa shape index (κ2) is 9.20. The van der Waals surface area contributed by atoms with Crippen LogP contribution < -0.4 is 0 Å². The Balaban J connectivity index is 1.12. The molecule has 3 fully saturated rings. The first-order valence-electron chi connectivity index (χ1n) is 10.7. The van der Waals surface area contributed by atoms with Crippen molar-refractivity contribution in [3.8, 4) is 0 Å². The molecule has 9 heteroatoms. The quantitative estimate of drug-likeness (QED) is 0.497. The summed E-state index contributed by atoms with van der Waals surface area (Å²) in [4.78, 5) is 24.3. The number of esters is 2. The fourth-order valence-electron chi connectivity index (χ4n) is 3.96. The molecule has 0 N–H and O–H groups in total. The highest BCUT2D eigenvalue weighted by Gasteiger charge is 2.55. The van der Waals surface area contributed by atoms with Gasteiger partial charge in [0.25, 0.3) is 0 Å². The summed E-state index contributed by atoms with van der Waals surface area (Å²) >= 11 is 0. The Labute approximate surface area is 190 Å². The summed E-state index contributed by atoms with van der Waals surface area (Å²) in [5.41, 5.74) is 2.45. The summed E-state index contributed by atoms with van der Waals surface area (Å²) in [6.07, 6.45) is -2.30. The van der Waals surface area contributed by atoms with Gasteiger partial charge < -0.3 is 33.2 Å². The Bertz CT molecular complexity index is 1000. The molecule has 9 nitrogen and oxygen atoms in total. The van der Waals surface area contributed by atoms with Gasteiger partial charge in [-0.3, -0.25) is 0 Å². The highest BCUT2D eigenvalue weighted by atomic mass is 16.8. The second-order valence-corrected chi connectivity index (χ2v) is 8.08. The van der Waals surface area contributed by atoms with Crippen LogP contribution in [0.5, 0.6) is 0 Å². The normalized spacial score (nSPS) is 30.4. The van der Waals surface area contributed by atoms with Crippen LogP contribution in [-0.2, 0) is 33.2 Å². The van der Waals surface area contributed by atoms with Gasteiger partial charge in [0.15, 0.2) is 18.9 Å². The van der Waals surface area contributed by atoms with Crippen LogP contribution in [0.25, 0.3) is 0 Å². The van der Waals surface area contributed by atoms with Crippen LogP contribution in [0.2, 0.25) is 0 Å². The van der Waals surface area contributed by atoms with Crippen LogP contribution >= 0.6 is 0 Å². The van der Waals surface area contributed by atoms with Crippen LogP contribution in [0.1, 0.15) is 45.1 Å². The fourth-order valence-corrected chi connectivity index (χ4v) is 3.96. The van der Waals surface area contributed by atoms with E-state index in [0.29, 0.717) is 17.7 Å². The maximum atomic E-state index is 12.3. The summed E-state index contributed by atoms with van der Waals surface area (Å²) in [5, 5.41) is 0. The number of benzene rings is 2. The number of fused-ring (bicyclic) bond motifs is 3. The van der Waals surface area contributed by atoms with Gasteiger partial charge in [-0.15, -0.1) is 0 Å². The topological polar surface area (TPSA) is 98.8 Å². The van der Waals surface area contributed by atoms with E-state index in [0.717, 1.165) is 11.1 Å². The predicted molar refractivity (Wildman–Crippen MR) is 111 cm³/mol. The third kappa shape index (κ3) is 4.64. The van der Waals surface area contributed by atoms with Crippen LogP contribution in [0.4, 0.5) is 0 Å². The van der Waals surface area contributed by atoms with Crippen LogP contribution in [-0.4, -0.2) is 56.2 Å². The maximum absolute atomic E-state index is 12.3. The van der Waals surface area contributed by atoms with Crippen LogP contribution in [0, 0.1) is 6.92 Å². The van der Waals surface area contributed by atoms with Gasteiger partial charge in [-0.2, -0.15) is 0 Å². The van der Waals surface area contributed by atoms with Gasteiger partial charge >= 0.3 is 11.9 Å². The lowest BCUT2D eigenvalue weighted by Crippen LogP contribution is -2.45. The predicted octanol–water partition coefficient (Wildman–Crippen LogP) is 2.87. The molecule has 0 spiro atoms. The number of ether oxygens (including phenoxy) is 7. The Kier molecular flexibility index (Phi) is 6.13. The van der Waals surface area contributed by atoms with Gasteiger partial charge in [0.05, 0.1) is 17.7 Å². The summed E-state index contributed by atoms with van der Waals surface area (Å²) in [6, 6.07) is 13.5. The Morgan fingerprint density at radius 2 is 1.48 bits per heavy atom. The molecule has 6 unspecified atom stereocenters. The van der Waals surface area contributed by atoms with Gasteiger partial charge in [-0.1, -0.05) is 29.8 Å². The monoisotopic (exact) mass is 456 g/mol. The van der Waals surface area contributed by atoms with Gasteiger partial charge in [-0.25, -0.2) is 9.59 Å². The lowest BCUT2D eigenvalue weighted by atomic mass is 10.1. The highest BCUT2D eigenvalue weighted by Crippen LogP contribution is 2.41. The van der Waals surface area contributed by atoms with E-state index in [1.807, 2.05) is 13.8 Å². The minimum atomic E-state index is -0.636. The van der Waals surface area contributed by atoms with Crippen molar-refractivity contribution in [3.05, 3.63) is 70.8 Å². The molecule has 2 aromatic carbocycles. The minimum absolute atomic E-state index is 0.214. The number of carbonyl (C=O) groups excluding carboxylic acids is 2. The largest absolute Gasteiger partial charge is 0.424 e. The lowest BCUT2D eigenvalue weighted by Gasteiger charge is -2.31. The van der Waals surface area contributed by atoms with E-state index in [-0.39, 0.29) is 24.6 Å². The van der Waals surface area contributed by atoms with Gasteiger partial charge in [0.2, 0.25) is 6.79 Å². The molecule has 0 amide bonds. The van der Waals surface area contributed by atoms with E-state index in [2.05, 4.69) is 0 Å². The smallest absolute Gasteiger partial charge is 0.340 e. The van der Waals surface area contributed by atoms with Crippen molar-refractivity contribution in [2.45, 2.75) is 51.0 Å². The minimum Gasteiger partial charge on any atom is -0.424 e. The maximum Gasteiger partial charge on any atom is 0.340 e. The molecule has 3 aliphatic heterocycles. The average molecular weight is 456 g/mol. The van der Waals surface area contributed by atoms with Crippen molar-refractivity contribution in [3.63, 3.8) is 0 Å². The molecule has 3 saturated heterocycles. The van der Waals surface area contributed by atoms with Crippen molar-refractivity contribution >= 4 is 11.9 Å². The first-order valence-corrected chi connectivity index (χ1v) is 10.7. The van der Waals surface area contributed by atoms with E-state index >= 15 is 0 Å². The summed E-state index contributed by atoms with van der Waals surface area (Å²) in [6.45, 7) is 3.71. The number of hydrogen-bond acceptors (Lipinski definition) is 9. The van der Waals surface area contributed by atoms with E-state index < -0.39 is 31.3 Å². The summed E-state index contributed by atoms with van der Waals surface area (Å²) < 4.78 is 39.0. The third-order valence-electron chi connectivity index (χ3n) is 5.74. The Hall–Kier alpha value is -2.82. The molecule has 5 rings (SSSR count). The molecule has 0 radical (unpaired) electrons. The molecule has 3 heterocycles. The summed E-state index contributed by atoms with van der Waals surface area (Å²) in [7, 11) is 0. The highest BCUT2D eigenvalue weighted by molar-refractivity contribution is 5.90. The van der Waals surface area contributed by atoms with Gasteiger partial charge in [0, 0.05) is 5.56 Å². The van der Waals surface area contributed by atoms with E-state index in [4.69, 9.17) is 33.2 Å². The van der Waals surface area contributed by atoms with Crippen molar-refractivity contribution < 1.29 is 42.7 Å². The molecule has 33 heavy (non-hydrogen) atoms. The average Bonchev–Trinajstić information content (AvgIpc) is 3.38. The number of rotatable bonds is 5.